The molecule has 0 aliphatic carbocycles. The van der Waals surface area contributed by atoms with Crippen molar-refractivity contribution in [1.29, 1.82) is 0 Å². The van der Waals surface area contributed by atoms with Crippen molar-refractivity contribution in [3.05, 3.63) is 64.9 Å². The third-order valence-corrected chi connectivity index (χ3v) is 6.04. The monoisotopic (exact) mass is 389 g/mol. The van der Waals surface area contributed by atoms with Gasteiger partial charge in [-0.05, 0) is 74.1 Å². The second-order valence-electron chi connectivity index (χ2n) is 8.59. The van der Waals surface area contributed by atoms with Gasteiger partial charge in [0.25, 0.3) is 0 Å². The van der Waals surface area contributed by atoms with Crippen LogP contribution in [0.4, 0.5) is 5.69 Å². The van der Waals surface area contributed by atoms with E-state index in [-0.39, 0.29) is 17.2 Å². The fourth-order valence-corrected chi connectivity index (χ4v) is 4.18. The van der Waals surface area contributed by atoms with Gasteiger partial charge in [-0.3, -0.25) is 4.79 Å². The Morgan fingerprint density at radius 2 is 2.03 bits per heavy atom. The zero-order valence-electron chi connectivity index (χ0n) is 17.6. The molecule has 1 aliphatic rings. The number of fused-ring (bicyclic) bond motifs is 2. The standard InChI is InChI=1S/C24H27N3O2/c1-15-10-20-19(16(2)13-24(3,4)27(20)5)11-18(15)14-25-26-23(28)22-12-17-8-6-7-9-21(17)29-22/h6-12,14,16H,13H2,1-5H3,(H,26,28)/b25-14+/t16-/m0/s1. The van der Waals surface area contributed by atoms with E-state index < -0.39 is 0 Å². The fourth-order valence-electron chi connectivity index (χ4n) is 4.18. The van der Waals surface area contributed by atoms with Crippen molar-refractivity contribution in [1.82, 2.24) is 5.43 Å². The van der Waals surface area contributed by atoms with E-state index in [2.05, 4.69) is 62.3 Å². The number of nitrogens with one attached hydrogen (secondary N) is 1. The first-order valence-corrected chi connectivity index (χ1v) is 9.96. The number of amides is 1. The van der Waals surface area contributed by atoms with Gasteiger partial charge in [-0.1, -0.05) is 25.1 Å². The third-order valence-electron chi connectivity index (χ3n) is 6.04. The van der Waals surface area contributed by atoms with Gasteiger partial charge in [-0.2, -0.15) is 5.10 Å². The Morgan fingerprint density at radius 1 is 1.28 bits per heavy atom. The number of furan rings is 1. The van der Waals surface area contributed by atoms with Crippen molar-refractivity contribution in [3.63, 3.8) is 0 Å². The molecule has 5 heteroatoms. The molecule has 0 saturated carbocycles. The first-order valence-electron chi connectivity index (χ1n) is 9.96. The Bertz CT molecular complexity index is 1080. The van der Waals surface area contributed by atoms with Crippen LogP contribution < -0.4 is 10.3 Å². The van der Waals surface area contributed by atoms with Crippen LogP contribution in [-0.2, 0) is 0 Å². The second-order valence-corrected chi connectivity index (χ2v) is 8.59. The predicted octanol–water partition coefficient (Wildman–Crippen LogP) is 5.23. The molecular formula is C24H27N3O2. The molecule has 1 atom stereocenters. The maximum atomic E-state index is 12.4. The summed E-state index contributed by atoms with van der Waals surface area (Å²) in [4.78, 5) is 14.7. The number of para-hydroxylation sites is 1. The van der Waals surface area contributed by atoms with Crippen LogP contribution in [-0.4, -0.2) is 24.7 Å². The van der Waals surface area contributed by atoms with E-state index >= 15 is 0 Å². The van der Waals surface area contributed by atoms with Gasteiger partial charge in [0.05, 0.1) is 6.21 Å². The van der Waals surface area contributed by atoms with Crippen molar-refractivity contribution in [2.24, 2.45) is 5.10 Å². The Morgan fingerprint density at radius 3 is 2.79 bits per heavy atom. The quantitative estimate of drug-likeness (QED) is 0.493. The molecule has 29 heavy (non-hydrogen) atoms. The van der Waals surface area contributed by atoms with Gasteiger partial charge in [0, 0.05) is 23.7 Å². The number of aryl methyl sites for hydroxylation is 1. The van der Waals surface area contributed by atoms with E-state index in [1.807, 2.05) is 24.3 Å². The molecule has 5 nitrogen and oxygen atoms in total. The Labute approximate surface area is 171 Å². The molecule has 0 saturated heterocycles. The SMILES string of the molecule is Cc1cc2c(cc1/C=N/NC(=O)c1cc3ccccc3o1)[C@@H](C)CC(C)(C)N2C. The maximum absolute atomic E-state index is 12.4. The highest BCUT2D eigenvalue weighted by atomic mass is 16.3. The molecule has 0 bridgehead atoms. The van der Waals surface area contributed by atoms with Crippen molar-refractivity contribution in [3.8, 4) is 0 Å². The maximum Gasteiger partial charge on any atom is 0.307 e. The highest BCUT2D eigenvalue weighted by molar-refractivity contribution is 5.96. The van der Waals surface area contributed by atoms with E-state index in [0.29, 0.717) is 11.5 Å². The van der Waals surface area contributed by atoms with Crippen molar-refractivity contribution < 1.29 is 9.21 Å². The lowest BCUT2D eigenvalue weighted by atomic mass is 9.79. The minimum atomic E-state index is -0.358. The van der Waals surface area contributed by atoms with Crippen molar-refractivity contribution in [2.45, 2.75) is 45.6 Å². The van der Waals surface area contributed by atoms with Gasteiger partial charge >= 0.3 is 5.91 Å². The lowest BCUT2D eigenvalue weighted by Crippen LogP contribution is -2.45. The van der Waals surface area contributed by atoms with Gasteiger partial charge in [0.2, 0.25) is 0 Å². The van der Waals surface area contributed by atoms with Gasteiger partial charge < -0.3 is 9.32 Å². The average Bonchev–Trinajstić information content (AvgIpc) is 3.11. The van der Waals surface area contributed by atoms with E-state index in [0.717, 1.165) is 22.9 Å². The molecule has 0 radical (unpaired) electrons. The summed E-state index contributed by atoms with van der Waals surface area (Å²) in [5.41, 5.74) is 8.13. The number of carbonyl (C=O) groups excluding carboxylic acids is 1. The van der Waals surface area contributed by atoms with Crippen LogP contribution in [0.5, 0.6) is 0 Å². The summed E-state index contributed by atoms with van der Waals surface area (Å²) in [7, 11) is 2.16. The van der Waals surface area contributed by atoms with Gasteiger partial charge in [0.15, 0.2) is 5.76 Å². The molecule has 0 spiro atoms. The first kappa shape index (κ1) is 19.2. The van der Waals surface area contributed by atoms with Gasteiger partial charge in [-0.15, -0.1) is 0 Å². The lowest BCUT2D eigenvalue weighted by molar-refractivity contribution is 0.0929. The Hall–Kier alpha value is -3.08. The molecule has 1 aliphatic heterocycles. The van der Waals surface area contributed by atoms with Crippen LogP contribution in [0.2, 0.25) is 0 Å². The number of hydrazone groups is 1. The minimum Gasteiger partial charge on any atom is -0.451 e. The van der Waals surface area contributed by atoms with Crippen LogP contribution in [0.15, 0.2) is 52.0 Å². The largest absolute Gasteiger partial charge is 0.451 e. The molecule has 0 unspecified atom stereocenters. The Kier molecular flexibility index (Phi) is 4.69. The summed E-state index contributed by atoms with van der Waals surface area (Å²) < 4.78 is 5.58. The number of rotatable bonds is 3. The number of hydrogen-bond acceptors (Lipinski definition) is 4. The third kappa shape index (κ3) is 3.53. The van der Waals surface area contributed by atoms with Gasteiger partial charge in [0.1, 0.15) is 5.58 Å². The van der Waals surface area contributed by atoms with Crippen LogP contribution in [0.1, 0.15) is 60.4 Å². The molecule has 1 aromatic heterocycles. The number of nitrogens with zero attached hydrogens (tertiary/aromatic N) is 2. The van der Waals surface area contributed by atoms with E-state index in [1.54, 1.807) is 12.3 Å². The normalized spacial score (nSPS) is 18.2. The molecule has 150 valence electrons. The smallest absolute Gasteiger partial charge is 0.307 e. The number of benzene rings is 2. The van der Waals surface area contributed by atoms with Crippen LogP contribution in [0.25, 0.3) is 11.0 Å². The molecule has 4 rings (SSSR count). The topological polar surface area (TPSA) is 57.8 Å². The summed E-state index contributed by atoms with van der Waals surface area (Å²) in [6.45, 7) is 8.91. The minimum absolute atomic E-state index is 0.134. The predicted molar refractivity (Wildman–Crippen MR) is 118 cm³/mol. The Balaban J connectivity index is 1.54. The van der Waals surface area contributed by atoms with Crippen molar-refractivity contribution >= 4 is 28.8 Å². The van der Waals surface area contributed by atoms with E-state index in [4.69, 9.17) is 4.42 Å². The number of anilines is 1. The average molecular weight is 389 g/mol. The van der Waals surface area contributed by atoms with Gasteiger partial charge in [-0.25, -0.2) is 5.43 Å². The highest BCUT2D eigenvalue weighted by Crippen LogP contribution is 2.43. The molecule has 0 fully saturated rings. The number of hydrogen-bond donors (Lipinski definition) is 1. The van der Waals surface area contributed by atoms with Crippen LogP contribution >= 0.6 is 0 Å². The summed E-state index contributed by atoms with van der Waals surface area (Å²) in [6, 6.07) is 13.7. The second kappa shape index (κ2) is 7.07. The summed E-state index contributed by atoms with van der Waals surface area (Å²) in [5.74, 6) is 0.361. The summed E-state index contributed by atoms with van der Waals surface area (Å²) in [5, 5.41) is 5.07. The summed E-state index contributed by atoms with van der Waals surface area (Å²) >= 11 is 0. The van der Waals surface area contributed by atoms with E-state index in [9.17, 15) is 4.79 Å². The first-order chi connectivity index (χ1) is 13.8. The van der Waals surface area contributed by atoms with Crippen LogP contribution in [0, 0.1) is 6.92 Å². The molecule has 3 aromatic rings. The zero-order chi connectivity index (χ0) is 20.8. The van der Waals surface area contributed by atoms with Crippen molar-refractivity contribution in [2.75, 3.05) is 11.9 Å². The molecular weight excluding hydrogens is 362 g/mol. The fraction of sp³-hybridized carbons (Fsp3) is 0.333. The molecule has 1 amide bonds. The van der Waals surface area contributed by atoms with Crippen LogP contribution in [0.3, 0.4) is 0 Å². The number of carbonyl (C=O) groups is 1. The zero-order valence-corrected chi connectivity index (χ0v) is 17.6. The molecule has 2 aromatic carbocycles. The molecule has 1 N–H and O–H groups in total. The summed E-state index contributed by atoms with van der Waals surface area (Å²) in [6.07, 6.45) is 2.81. The molecule has 2 heterocycles. The lowest BCUT2D eigenvalue weighted by Gasteiger charge is -2.45. The highest BCUT2D eigenvalue weighted by Gasteiger charge is 2.34. The van der Waals surface area contributed by atoms with E-state index in [1.165, 1.54) is 11.3 Å².